The number of amides is 1. The summed E-state index contributed by atoms with van der Waals surface area (Å²) < 4.78 is 5.48. The predicted molar refractivity (Wildman–Crippen MR) is 108 cm³/mol. The van der Waals surface area contributed by atoms with Crippen LogP contribution in [0.5, 0.6) is 0 Å². The molecule has 1 aliphatic carbocycles. The molecule has 1 N–H and O–H groups in total. The monoisotopic (exact) mass is 391 g/mol. The first-order valence-corrected chi connectivity index (χ1v) is 9.39. The Morgan fingerprint density at radius 3 is 1.96 bits per heavy atom. The summed E-state index contributed by atoms with van der Waals surface area (Å²) in [4.78, 5) is 24.1. The molecule has 28 heavy (non-hydrogen) atoms. The van der Waals surface area contributed by atoms with Gasteiger partial charge < -0.3 is 10.1 Å². The first-order chi connectivity index (χ1) is 13.6. The van der Waals surface area contributed by atoms with Crippen LogP contribution in [0.3, 0.4) is 0 Å². The predicted octanol–water partition coefficient (Wildman–Crippen LogP) is 5.03. The van der Waals surface area contributed by atoms with Gasteiger partial charge in [-0.3, -0.25) is 4.79 Å². The number of fused-ring (bicyclic) bond motifs is 3. The minimum Gasteiger partial charge on any atom is -0.449 e. The summed E-state index contributed by atoms with van der Waals surface area (Å²) in [6, 6.07) is 24.1. The standard InChI is InChI=1S/C23H18ClNO3/c24-22(26)21(15-8-2-1-3-9-15)25-23(27)28-14-20-18-12-6-4-10-16(18)17-11-5-7-13-19(17)20/h1-13,20-21H,14H2,(H,25,27)/t21-/m1/s1. The molecule has 0 aromatic heterocycles. The molecular weight excluding hydrogens is 374 g/mol. The second-order valence-electron chi connectivity index (χ2n) is 6.62. The fraction of sp³-hybridized carbons (Fsp3) is 0.130. The van der Waals surface area contributed by atoms with E-state index in [9.17, 15) is 9.59 Å². The van der Waals surface area contributed by atoms with Gasteiger partial charge in [0.1, 0.15) is 12.6 Å². The Morgan fingerprint density at radius 1 is 0.857 bits per heavy atom. The lowest BCUT2D eigenvalue weighted by Crippen LogP contribution is -2.33. The van der Waals surface area contributed by atoms with E-state index in [4.69, 9.17) is 16.3 Å². The average Bonchev–Trinajstić information content (AvgIpc) is 3.05. The number of hydrogen-bond donors (Lipinski definition) is 1. The number of alkyl carbamates (subject to hydrolysis) is 1. The van der Waals surface area contributed by atoms with Gasteiger partial charge in [0.25, 0.3) is 0 Å². The van der Waals surface area contributed by atoms with E-state index in [1.165, 1.54) is 0 Å². The molecule has 1 amide bonds. The van der Waals surface area contributed by atoms with Crippen LogP contribution in [0.4, 0.5) is 4.79 Å². The fourth-order valence-corrected chi connectivity index (χ4v) is 3.86. The summed E-state index contributed by atoms with van der Waals surface area (Å²) >= 11 is 5.67. The third-order valence-electron chi connectivity index (χ3n) is 4.97. The lowest BCUT2D eigenvalue weighted by atomic mass is 9.98. The maximum atomic E-state index is 12.4. The zero-order valence-corrected chi connectivity index (χ0v) is 15.7. The highest BCUT2D eigenvalue weighted by atomic mass is 35.5. The summed E-state index contributed by atoms with van der Waals surface area (Å²) in [5.74, 6) is -0.0416. The molecule has 3 aromatic carbocycles. The van der Waals surface area contributed by atoms with Crippen LogP contribution in [0.25, 0.3) is 11.1 Å². The van der Waals surface area contributed by atoms with Crippen molar-refractivity contribution in [2.45, 2.75) is 12.0 Å². The van der Waals surface area contributed by atoms with E-state index in [0.717, 1.165) is 22.3 Å². The lowest BCUT2D eigenvalue weighted by molar-refractivity contribution is -0.113. The number of ether oxygens (including phenoxy) is 1. The molecule has 0 saturated carbocycles. The number of rotatable bonds is 5. The van der Waals surface area contributed by atoms with Crippen LogP contribution in [0.15, 0.2) is 78.9 Å². The van der Waals surface area contributed by atoms with Gasteiger partial charge in [0.15, 0.2) is 0 Å². The summed E-state index contributed by atoms with van der Waals surface area (Å²) in [5.41, 5.74) is 5.18. The Kier molecular flexibility index (Phi) is 5.13. The van der Waals surface area contributed by atoms with Crippen molar-refractivity contribution in [3.8, 4) is 11.1 Å². The molecule has 0 bridgehead atoms. The number of nitrogens with one attached hydrogen (secondary N) is 1. The number of carbonyl (C=O) groups is 2. The van der Waals surface area contributed by atoms with Crippen LogP contribution >= 0.6 is 11.6 Å². The molecule has 140 valence electrons. The van der Waals surface area contributed by atoms with Crippen molar-refractivity contribution < 1.29 is 14.3 Å². The fourth-order valence-electron chi connectivity index (χ4n) is 3.67. The van der Waals surface area contributed by atoms with Crippen molar-refractivity contribution in [3.05, 3.63) is 95.6 Å². The Balaban J connectivity index is 1.49. The third kappa shape index (κ3) is 3.51. The van der Waals surface area contributed by atoms with Gasteiger partial charge in [0.2, 0.25) is 5.24 Å². The normalized spacial score (nSPS) is 13.3. The molecule has 4 nitrogen and oxygen atoms in total. The van der Waals surface area contributed by atoms with Crippen LogP contribution in [0.1, 0.15) is 28.7 Å². The lowest BCUT2D eigenvalue weighted by Gasteiger charge is -2.18. The summed E-state index contributed by atoms with van der Waals surface area (Å²) in [7, 11) is 0. The van der Waals surface area contributed by atoms with Gasteiger partial charge in [-0.25, -0.2) is 4.79 Å². The van der Waals surface area contributed by atoms with Crippen LogP contribution < -0.4 is 5.32 Å². The molecule has 3 aromatic rings. The van der Waals surface area contributed by atoms with Gasteiger partial charge in [-0.2, -0.15) is 0 Å². The van der Waals surface area contributed by atoms with E-state index in [1.807, 2.05) is 30.3 Å². The molecule has 0 unspecified atom stereocenters. The van der Waals surface area contributed by atoms with Crippen molar-refractivity contribution in [3.63, 3.8) is 0 Å². The smallest absolute Gasteiger partial charge is 0.408 e. The highest BCUT2D eigenvalue weighted by Gasteiger charge is 2.29. The molecule has 0 aliphatic heterocycles. The molecule has 0 spiro atoms. The minimum absolute atomic E-state index is 0.0416. The third-order valence-corrected chi connectivity index (χ3v) is 5.18. The van der Waals surface area contributed by atoms with Crippen molar-refractivity contribution >= 4 is 22.9 Å². The quantitative estimate of drug-likeness (QED) is 0.620. The zero-order chi connectivity index (χ0) is 19.5. The largest absolute Gasteiger partial charge is 0.449 e. The maximum Gasteiger partial charge on any atom is 0.408 e. The second kappa shape index (κ2) is 7.87. The van der Waals surface area contributed by atoms with Gasteiger partial charge in [-0.1, -0.05) is 78.9 Å². The van der Waals surface area contributed by atoms with E-state index in [2.05, 4.69) is 29.6 Å². The molecule has 4 rings (SSSR count). The van der Waals surface area contributed by atoms with Crippen LogP contribution in [-0.2, 0) is 9.53 Å². The van der Waals surface area contributed by atoms with E-state index < -0.39 is 17.4 Å². The van der Waals surface area contributed by atoms with Crippen molar-refractivity contribution in [2.75, 3.05) is 6.61 Å². The van der Waals surface area contributed by atoms with E-state index >= 15 is 0 Å². The van der Waals surface area contributed by atoms with Gasteiger partial charge in [0, 0.05) is 5.92 Å². The van der Waals surface area contributed by atoms with E-state index in [-0.39, 0.29) is 12.5 Å². The molecule has 1 atom stereocenters. The number of halogens is 1. The maximum absolute atomic E-state index is 12.4. The molecular formula is C23H18ClNO3. The van der Waals surface area contributed by atoms with E-state index in [0.29, 0.717) is 5.56 Å². The highest BCUT2D eigenvalue weighted by Crippen LogP contribution is 2.44. The van der Waals surface area contributed by atoms with Gasteiger partial charge in [0.05, 0.1) is 0 Å². The Hall–Kier alpha value is -3.11. The number of carbonyl (C=O) groups excluding carboxylic acids is 2. The number of hydrogen-bond acceptors (Lipinski definition) is 3. The molecule has 0 saturated heterocycles. The molecule has 5 heteroatoms. The second-order valence-corrected chi connectivity index (χ2v) is 6.99. The Morgan fingerprint density at radius 2 is 1.39 bits per heavy atom. The summed E-state index contributed by atoms with van der Waals surface area (Å²) in [6.45, 7) is 0.178. The first-order valence-electron chi connectivity index (χ1n) is 9.01. The van der Waals surface area contributed by atoms with Gasteiger partial charge in [-0.05, 0) is 39.4 Å². The highest BCUT2D eigenvalue weighted by molar-refractivity contribution is 6.64. The van der Waals surface area contributed by atoms with Crippen molar-refractivity contribution in [2.24, 2.45) is 0 Å². The summed E-state index contributed by atoms with van der Waals surface area (Å²) in [5, 5.41) is 1.90. The van der Waals surface area contributed by atoms with Gasteiger partial charge >= 0.3 is 6.09 Å². The Labute approximate surface area is 168 Å². The van der Waals surface area contributed by atoms with Crippen molar-refractivity contribution in [1.29, 1.82) is 0 Å². The van der Waals surface area contributed by atoms with Crippen LogP contribution in [-0.4, -0.2) is 17.9 Å². The minimum atomic E-state index is -0.946. The first kappa shape index (κ1) is 18.3. The SMILES string of the molecule is O=C(N[C@@H](C(=O)Cl)c1ccccc1)OCC1c2ccccc2-c2ccccc21. The van der Waals surface area contributed by atoms with Crippen molar-refractivity contribution in [1.82, 2.24) is 5.32 Å². The molecule has 1 aliphatic rings. The molecule has 0 radical (unpaired) electrons. The van der Waals surface area contributed by atoms with E-state index in [1.54, 1.807) is 24.3 Å². The molecule has 0 fully saturated rings. The van der Waals surface area contributed by atoms with Crippen LogP contribution in [0, 0.1) is 0 Å². The number of benzene rings is 3. The Bertz CT molecular complexity index is 974. The molecule has 0 heterocycles. The van der Waals surface area contributed by atoms with Gasteiger partial charge in [-0.15, -0.1) is 0 Å². The zero-order valence-electron chi connectivity index (χ0n) is 15.0. The summed E-state index contributed by atoms with van der Waals surface area (Å²) in [6.07, 6.45) is -0.676. The average molecular weight is 392 g/mol. The topological polar surface area (TPSA) is 55.4 Å². The van der Waals surface area contributed by atoms with Crippen LogP contribution in [0.2, 0.25) is 0 Å².